The van der Waals surface area contributed by atoms with Crippen LogP contribution in [-0.4, -0.2) is 38.0 Å². The zero-order valence-electron chi connectivity index (χ0n) is 19.2. The molecule has 168 valence electrons. The fraction of sp³-hybridized carbons (Fsp3) is 0.385. The third-order valence-electron chi connectivity index (χ3n) is 6.19. The highest BCUT2D eigenvalue weighted by molar-refractivity contribution is 5.70. The fourth-order valence-electron chi connectivity index (χ4n) is 4.60. The van der Waals surface area contributed by atoms with Gasteiger partial charge in [-0.2, -0.15) is 5.10 Å². The van der Waals surface area contributed by atoms with Crippen molar-refractivity contribution in [3.05, 3.63) is 78.1 Å². The van der Waals surface area contributed by atoms with Gasteiger partial charge in [0, 0.05) is 38.2 Å². The molecule has 1 N–H and O–H groups in total. The maximum Gasteiger partial charge on any atom is 0.411 e. The van der Waals surface area contributed by atoms with E-state index in [0.717, 1.165) is 22.3 Å². The molecule has 1 aliphatic rings. The summed E-state index contributed by atoms with van der Waals surface area (Å²) in [7, 11) is 1.90. The lowest BCUT2D eigenvalue weighted by molar-refractivity contribution is -0.101. The van der Waals surface area contributed by atoms with Crippen LogP contribution in [0, 0.1) is 0 Å². The molecule has 2 atom stereocenters. The van der Waals surface area contributed by atoms with Gasteiger partial charge in [-0.1, -0.05) is 54.6 Å². The van der Waals surface area contributed by atoms with Crippen molar-refractivity contribution >= 4 is 6.09 Å². The molecule has 1 saturated heterocycles. The van der Waals surface area contributed by atoms with Crippen LogP contribution in [0.15, 0.2) is 67.0 Å². The van der Waals surface area contributed by atoms with Crippen LogP contribution in [0.3, 0.4) is 0 Å². The number of benzene rings is 2. The molecule has 2 unspecified atom stereocenters. The van der Waals surface area contributed by atoms with E-state index in [2.05, 4.69) is 29.4 Å². The summed E-state index contributed by atoms with van der Waals surface area (Å²) in [5, 5.41) is 14.8. The first-order valence-electron chi connectivity index (χ1n) is 11.0. The van der Waals surface area contributed by atoms with Gasteiger partial charge < -0.3 is 14.7 Å². The number of aliphatic hydroxyl groups is 1. The van der Waals surface area contributed by atoms with E-state index in [1.807, 2.05) is 56.7 Å². The van der Waals surface area contributed by atoms with Crippen LogP contribution < -0.4 is 0 Å². The first-order valence-corrected chi connectivity index (χ1v) is 11.0. The zero-order chi connectivity index (χ0) is 22.9. The average molecular weight is 434 g/mol. The number of cyclic esters (lactones) is 1. The molecule has 0 radical (unpaired) electrons. The van der Waals surface area contributed by atoms with Crippen molar-refractivity contribution in [2.45, 2.75) is 50.9 Å². The van der Waals surface area contributed by atoms with E-state index in [4.69, 9.17) is 4.74 Å². The van der Waals surface area contributed by atoms with Gasteiger partial charge in [-0.15, -0.1) is 0 Å². The molecular formula is C26H31N3O3. The number of hydrogen-bond donors (Lipinski definition) is 1. The highest BCUT2D eigenvalue weighted by Gasteiger charge is 2.46. The van der Waals surface area contributed by atoms with Gasteiger partial charge in [0.25, 0.3) is 0 Å². The van der Waals surface area contributed by atoms with Crippen LogP contribution in [0.25, 0.3) is 11.1 Å². The summed E-state index contributed by atoms with van der Waals surface area (Å²) in [4.78, 5) is 15.0. The first-order chi connectivity index (χ1) is 15.2. The quantitative estimate of drug-likeness (QED) is 0.591. The maximum absolute atomic E-state index is 13.2. The van der Waals surface area contributed by atoms with Crippen LogP contribution in [0.1, 0.15) is 50.8 Å². The van der Waals surface area contributed by atoms with E-state index in [9.17, 15) is 9.90 Å². The number of carbonyl (C=O) groups excluding carboxylic acids is 1. The van der Waals surface area contributed by atoms with Crippen molar-refractivity contribution in [3.8, 4) is 11.1 Å². The summed E-state index contributed by atoms with van der Waals surface area (Å²) in [6.07, 6.45) is 4.43. The second kappa shape index (κ2) is 8.43. The van der Waals surface area contributed by atoms with E-state index in [1.54, 1.807) is 23.4 Å². The molecule has 3 aromatic rings. The average Bonchev–Trinajstić information content (AvgIpc) is 3.19. The molecule has 0 bridgehead atoms. The Morgan fingerprint density at radius 2 is 1.81 bits per heavy atom. The molecule has 0 saturated carbocycles. The van der Waals surface area contributed by atoms with E-state index in [-0.39, 0.29) is 12.1 Å². The monoisotopic (exact) mass is 433 g/mol. The molecule has 1 aliphatic heterocycles. The van der Waals surface area contributed by atoms with Crippen molar-refractivity contribution in [2.75, 3.05) is 6.54 Å². The minimum Gasteiger partial charge on any atom is -0.438 e. The van der Waals surface area contributed by atoms with Crippen molar-refractivity contribution in [1.82, 2.24) is 14.7 Å². The van der Waals surface area contributed by atoms with Gasteiger partial charge in [0.05, 0.1) is 17.8 Å². The topological polar surface area (TPSA) is 67.6 Å². The largest absolute Gasteiger partial charge is 0.438 e. The summed E-state index contributed by atoms with van der Waals surface area (Å²) >= 11 is 0. The Balaban J connectivity index is 1.53. The highest BCUT2D eigenvalue weighted by atomic mass is 16.6. The molecule has 0 aliphatic carbocycles. The van der Waals surface area contributed by atoms with Crippen molar-refractivity contribution in [1.29, 1.82) is 0 Å². The Morgan fingerprint density at radius 3 is 2.38 bits per heavy atom. The Hall–Kier alpha value is -3.12. The Kier molecular flexibility index (Phi) is 5.82. The standard InChI is InChI=1S/C26H31N3O3/c1-19(20-10-12-21(13-11-20)22-16-27-28(4)17-22)29-15-14-26(32-24(29)30,18-25(2,3)31)23-8-6-5-7-9-23/h5-13,16-17,19,31H,14-15,18H2,1-4H3. The summed E-state index contributed by atoms with van der Waals surface area (Å²) < 4.78 is 7.88. The Morgan fingerprint density at radius 1 is 1.12 bits per heavy atom. The predicted molar refractivity (Wildman–Crippen MR) is 124 cm³/mol. The molecule has 32 heavy (non-hydrogen) atoms. The number of amides is 1. The molecule has 4 rings (SSSR count). The van der Waals surface area contributed by atoms with E-state index < -0.39 is 11.2 Å². The van der Waals surface area contributed by atoms with Crippen LogP contribution in [0.4, 0.5) is 4.79 Å². The zero-order valence-corrected chi connectivity index (χ0v) is 19.2. The molecule has 2 heterocycles. The van der Waals surface area contributed by atoms with Crippen LogP contribution in [0.2, 0.25) is 0 Å². The molecule has 1 fully saturated rings. The van der Waals surface area contributed by atoms with Crippen LogP contribution >= 0.6 is 0 Å². The number of aryl methyl sites for hydroxylation is 1. The number of nitrogens with zero attached hydrogens (tertiary/aromatic N) is 3. The van der Waals surface area contributed by atoms with Gasteiger partial charge in [-0.3, -0.25) is 4.68 Å². The molecule has 1 aromatic heterocycles. The van der Waals surface area contributed by atoms with Gasteiger partial charge in [0.15, 0.2) is 0 Å². The SMILES string of the molecule is CC(c1ccc(-c2cnn(C)c2)cc1)N1CCC(CC(C)(C)O)(c2ccccc2)OC1=O. The lowest BCUT2D eigenvalue weighted by Gasteiger charge is -2.45. The van der Waals surface area contributed by atoms with Crippen molar-refractivity contribution < 1.29 is 14.6 Å². The molecule has 1 amide bonds. The normalized spacial score (nSPS) is 20.2. The predicted octanol–water partition coefficient (Wildman–Crippen LogP) is 5.05. The third kappa shape index (κ3) is 4.55. The number of aromatic nitrogens is 2. The van der Waals surface area contributed by atoms with Gasteiger partial charge in [-0.25, -0.2) is 4.79 Å². The summed E-state index contributed by atoms with van der Waals surface area (Å²) in [5.41, 5.74) is 2.31. The fourth-order valence-corrected chi connectivity index (χ4v) is 4.60. The number of carbonyl (C=O) groups is 1. The maximum atomic E-state index is 13.2. The van der Waals surface area contributed by atoms with Gasteiger partial charge in [-0.05, 0) is 37.5 Å². The Labute approximate surface area is 189 Å². The third-order valence-corrected chi connectivity index (χ3v) is 6.19. The summed E-state index contributed by atoms with van der Waals surface area (Å²) in [6, 6.07) is 17.8. The van der Waals surface area contributed by atoms with Crippen molar-refractivity contribution in [3.63, 3.8) is 0 Å². The smallest absolute Gasteiger partial charge is 0.411 e. The molecule has 6 heteroatoms. The molecular weight excluding hydrogens is 402 g/mol. The van der Waals surface area contributed by atoms with Crippen LogP contribution in [0.5, 0.6) is 0 Å². The second-order valence-electron chi connectivity index (χ2n) is 9.36. The highest BCUT2D eigenvalue weighted by Crippen LogP contribution is 2.42. The van der Waals surface area contributed by atoms with Gasteiger partial charge >= 0.3 is 6.09 Å². The van der Waals surface area contributed by atoms with E-state index in [1.165, 1.54) is 0 Å². The molecule has 2 aromatic carbocycles. The summed E-state index contributed by atoms with van der Waals surface area (Å²) in [6.45, 7) is 6.08. The number of rotatable bonds is 6. The molecule has 6 nitrogen and oxygen atoms in total. The van der Waals surface area contributed by atoms with Gasteiger partial charge in [0.1, 0.15) is 5.60 Å². The minimum atomic E-state index is -0.966. The van der Waals surface area contributed by atoms with Crippen molar-refractivity contribution in [2.24, 2.45) is 7.05 Å². The summed E-state index contributed by atoms with van der Waals surface area (Å²) in [5.74, 6) is 0. The minimum absolute atomic E-state index is 0.124. The van der Waals surface area contributed by atoms with Crippen LogP contribution in [-0.2, 0) is 17.4 Å². The first kappa shape index (κ1) is 22.1. The van der Waals surface area contributed by atoms with Gasteiger partial charge in [0.2, 0.25) is 0 Å². The van der Waals surface area contributed by atoms with E-state index in [0.29, 0.717) is 19.4 Å². The second-order valence-corrected chi connectivity index (χ2v) is 9.36. The van der Waals surface area contributed by atoms with E-state index >= 15 is 0 Å². The number of ether oxygens (including phenoxy) is 1. The Bertz CT molecular complexity index is 1070. The molecule has 0 spiro atoms. The number of hydrogen-bond acceptors (Lipinski definition) is 4. The lowest BCUT2D eigenvalue weighted by Crippen LogP contribution is -2.51. The lowest BCUT2D eigenvalue weighted by atomic mass is 9.80.